The SMILES string of the molecule is CC(C)(C)[Si](C)(C)Cl.CC(C)(C)[Si](C)(C)OCC(=O)[C@@]12OC(c3ccc(Oc4ccc(N)cc4)cc3)O[C@@H]1C[C@H]1[C@@H]3C[C@H](F)C4=CC(=O)C=C[C@]4(C)[C@@]3(F)[C@@H](O)C[C@@]12C.C[C@]12C=CC(=O)C=C1[C@@H](F)C[C@H]1[C@@H]3C[C@H]4OC(c5ccc(Oc6ccc(N)cc6)cc5)O[C@@]4(C(=O)CO)[C@@]3(C)C[C@H](O)[C@@]12F.c1c[nH]cn1. The number of carbonyl (C=O) groups is 4. The van der Waals surface area contributed by atoms with Gasteiger partial charge in [-0.15, -0.1) is 0 Å². The predicted molar refractivity (Wildman–Crippen MR) is 408 cm³/mol. The number of Topliss-reactive ketones (excluding diaryl/α,β-unsaturated/α-hetero) is 2. The first-order valence-electron chi connectivity index (χ1n) is 37.2. The second-order valence-corrected chi connectivity index (χ2v) is 46.9. The second-order valence-electron chi connectivity index (χ2n) is 34.8. The fraction of sp³-hybridized carbons (Fsp3) is 0.530. The summed E-state index contributed by atoms with van der Waals surface area (Å²) in [5.41, 5.74) is 0.837. The first-order chi connectivity index (χ1) is 50.4. The van der Waals surface area contributed by atoms with Gasteiger partial charge in [0.05, 0.1) is 37.4 Å². The van der Waals surface area contributed by atoms with Crippen LogP contribution in [-0.4, -0.2) is 137 Å². The number of H-pyrrole nitrogens is 1. The minimum atomic E-state index is -2.39. The number of nitrogens with two attached hydrogens (primary N) is 2. The van der Waals surface area contributed by atoms with E-state index in [0.29, 0.717) is 50.5 Å². The number of hydrogen-bond acceptors (Lipinski definition) is 17. The number of benzene rings is 4. The number of allylic oxidation sites excluding steroid dienone is 8. The molecule has 25 heteroatoms. The van der Waals surface area contributed by atoms with Gasteiger partial charge in [-0.05, 0) is 196 Å². The van der Waals surface area contributed by atoms with Crippen molar-refractivity contribution in [2.45, 2.75) is 216 Å². The molecule has 0 amide bonds. The Balaban J connectivity index is 0.000000174. The number of aromatic nitrogens is 2. The average molecular weight is 1550 g/mol. The standard InChI is InChI=1S/C40H49F2NO7Si.C34H35F2NO7.C6H15ClSi.C3H4N2/c1-36(2,3)51(6,7)47-22-33(46)40-34(49-35(50-40)23-8-12-26(13-9-23)48-27-14-10-24(43)11-15-27)20-28-29-19-31(41)30-18-25(44)16-17-37(30,4)39(29,42)32(45)21-38(28,40)5;1-31-12-11-20(39)13-25(31)26(35)14-24-23-15-29-34(28(41)17-38,32(23,2)16-27(40)33(24,31)36)44-30(43-29)18-3-7-21(8-4-18)42-22-9-5-19(37)6-10-22;1-6(2,3)8(4,5)7;1-2-5-3-4-1/h8-18,28-29,31-32,34-35,45H,19-22,43H2,1-7H3;3-13,23-24,26-27,29-30,38,40H,14-17,37H2,1-2H3;1-5H3;1-3H,(H,4,5)/t28-,29-,31-,32-,34+,35?,37-,38-,39-,40+;23-,24-,26-,27-,29+,30?,31-,32-,33-,34+;;/m00../s1. The van der Waals surface area contributed by atoms with E-state index in [0.717, 1.165) is 6.08 Å². The van der Waals surface area contributed by atoms with Gasteiger partial charge in [0.25, 0.3) is 0 Å². The minimum absolute atomic E-state index is 0.0297. The summed E-state index contributed by atoms with van der Waals surface area (Å²) in [6.45, 7) is 27.0. The summed E-state index contributed by atoms with van der Waals surface area (Å²) in [4.78, 5) is 59.3. The van der Waals surface area contributed by atoms with Crippen LogP contribution in [0.2, 0.25) is 36.3 Å². The number of aromatic amines is 1. The maximum absolute atomic E-state index is 17.9. The number of nitrogens with one attached hydrogen (secondary N) is 1. The monoisotopic (exact) mass is 1550 g/mol. The number of alkyl halides is 4. The third-order valence-electron chi connectivity index (χ3n) is 26.8. The van der Waals surface area contributed by atoms with Crippen molar-refractivity contribution >= 4 is 61.3 Å². The highest BCUT2D eigenvalue weighted by Crippen LogP contribution is 2.75. The highest BCUT2D eigenvalue weighted by molar-refractivity contribution is 7.20. The molecule has 10 aliphatic rings. The van der Waals surface area contributed by atoms with Crippen molar-refractivity contribution < 1.29 is 84.9 Å². The summed E-state index contributed by atoms with van der Waals surface area (Å²) in [7, 11) is -3.78. The largest absolute Gasteiger partial charge is 0.457 e. The number of ketones is 4. The van der Waals surface area contributed by atoms with Crippen LogP contribution in [0.1, 0.15) is 131 Å². The van der Waals surface area contributed by atoms with E-state index >= 15 is 17.6 Å². The quantitative estimate of drug-likeness (QED) is 0.0293. The lowest BCUT2D eigenvalue weighted by molar-refractivity contribution is -0.235. The van der Waals surface area contributed by atoms with Crippen molar-refractivity contribution in [3.05, 3.63) is 175 Å². The van der Waals surface area contributed by atoms with E-state index in [1.54, 1.807) is 117 Å². The van der Waals surface area contributed by atoms with Gasteiger partial charge in [0.2, 0.25) is 0 Å². The van der Waals surface area contributed by atoms with Crippen LogP contribution in [0.4, 0.5) is 28.9 Å². The third-order valence-corrected chi connectivity index (χ3v) is 36.6. The van der Waals surface area contributed by atoms with Crippen LogP contribution < -0.4 is 20.9 Å². The van der Waals surface area contributed by atoms with E-state index in [2.05, 4.69) is 77.7 Å². The molecular weight excluding hydrogens is 1440 g/mol. The Morgan fingerprint density at radius 2 is 0.972 bits per heavy atom. The lowest BCUT2D eigenvalue weighted by Gasteiger charge is -2.63. The van der Waals surface area contributed by atoms with Gasteiger partial charge in [-0.2, -0.15) is 11.1 Å². The van der Waals surface area contributed by atoms with Gasteiger partial charge in [-0.25, -0.2) is 22.5 Å². The molecule has 2 aliphatic heterocycles. The molecule has 15 rings (SSSR count). The highest BCUT2D eigenvalue weighted by Gasteiger charge is 2.82. The van der Waals surface area contributed by atoms with Gasteiger partial charge in [-0.3, -0.25) is 19.2 Å². The summed E-state index contributed by atoms with van der Waals surface area (Å²) in [6, 6.07) is 28.2. The lowest BCUT2D eigenvalue weighted by atomic mass is 9.44. The van der Waals surface area contributed by atoms with Crippen molar-refractivity contribution in [2.24, 2.45) is 45.3 Å². The summed E-state index contributed by atoms with van der Waals surface area (Å²) in [5.74, 6) is -2.59. The van der Waals surface area contributed by atoms with E-state index in [1.165, 1.54) is 37.3 Å². The molecule has 0 bridgehead atoms. The average Bonchev–Trinajstić information content (AvgIpc) is 1.43. The molecule has 2 saturated heterocycles. The fourth-order valence-electron chi connectivity index (χ4n) is 18.8. The number of ether oxygens (including phenoxy) is 6. The van der Waals surface area contributed by atoms with Crippen LogP contribution in [0.25, 0.3) is 0 Å². The molecule has 0 spiro atoms. The number of halogens is 5. The topological polar surface area (TPSA) is 274 Å². The Hall–Kier alpha value is -6.95. The predicted octanol–water partition coefficient (Wildman–Crippen LogP) is 16.1. The van der Waals surface area contributed by atoms with Crippen LogP contribution in [-0.2, 0) is 42.6 Å². The van der Waals surface area contributed by atoms with Crippen molar-refractivity contribution in [1.82, 2.24) is 9.97 Å². The summed E-state index contributed by atoms with van der Waals surface area (Å²) in [5, 5.41) is 33.9. The van der Waals surface area contributed by atoms with Gasteiger partial charge < -0.3 is 64.6 Å². The first kappa shape index (κ1) is 80.6. The Bertz CT molecular complexity index is 4300. The maximum Gasteiger partial charge on any atom is 0.193 e. The van der Waals surface area contributed by atoms with E-state index in [9.17, 15) is 34.5 Å². The maximum atomic E-state index is 17.9. The Labute approximate surface area is 636 Å². The molecule has 582 valence electrons. The smallest absolute Gasteiger partial charge is 0.193 e. The van der Waals surface area contributed by atoms with Crippen molar-refractivity contribution in [1.29, 1.82) is 0 Å². The molecule has 20 atom stereocenters. The number of carbonyl (C=O) groups excluding carboxylic acids is 4. The Kier molecular flexibility index (Phi) is 21.4. The zero-order valence-corrected chi connectivity index (χ0v) is 66.6. The molecule has 8 aliphatic carbocycles. The number of rotatable bonds is 12. The number of imidazole rings is 1. The number of nitrogen functional groups attached to an aromatic ring is 2. The van der Waals surface area contributed by atoms with Crippen molar-refractivity contribution in [2.75, 3.05) is 24.7 Å². The number of nitrogens with zero attached hydrogens (tertiary/aromatic N) is 1. The molecule has 3 heterocycles. The van der Waals surface area contributed by atoms with Crippen LogP contribution >= 0.6 is 11.1 Å². The second kappa shape index (κ2) is 28.7. The Morgan fingerprint density at radius 3 is 1.30 bits per heavy atom. The number of aliphatic hydroxyl groups is 3. The van der Waals surface area contributed by atoms with Crippen molar-refractivity contribution in [3.63, 3.8) is 0 Å². The molecule has 0 radical (unpaired) electrons. The van der Waals surface area contributed by atoms with Gasteiger partial charge >= 0.3 is 0 Å². The molecular formula is C83H103ClF4N4O14Si2. The van der Waals surface area contributed by atoms with E-state index in [1.807, 2.05) is 19.1 Å². The van der Waals surface area contributed by atoms with Crippen LogP contribution in [0.15, 0.2) is 163 Å². The summed E-state index contributed by atoms with van der Waals surface area (Å²) >= 11 is 6.15. The van der Waals surface area contributed by atoms with E-state index < -0.39 is 157 Å². The highest BCUT2D eigenvalue weighted by atomic mass is 35.6. The number of hydrogen-bond donors (Lipinski definition) is 6. The molecule has 1 aromatic heterocycles. The molecule has 6 saturated carbocycles. The van der Waals surface area contributed by atoms with Crippen LogP contribution in [0.5, 0.6) is 23.0 Å². The molecule has 8 fully saturated rings. The summed E-state index contributed by atoms with van der Waals surface area (Å²) < 4.78 is 112. The number of anilines is 2. The minimum Gasteiger partial charge on any atom is -0.457 e. The molecule has 8 N–H and O–H groups in total. The third kappa shape index (κ3) is 13.3. The van der Waals surface area contributed by atoms with E-state index in [4.69, 9.17) is 55.4 Å². The van der Waals surface area contributed by atoms with Crippen LogP contribution in [0.3, 0.4) is 0 Å². The van der Waals surface area contributed by atoms with Gasteiger partial charge in [0, 0.05) is 68.4 Å². The molecule has 2 unspecified atom stereocenters. The molecule has 5 aromatic rings. The van der Waals surface area contributed by atoms with Crippen molar-refractivity contribution in [3.8, 4) is 23.0 Å². The van der Waals surface area contributed by atoms with Gasteiger partial charge in [0.15, 0.2) is 74.0 Å². The van der Waals surface area contributed by atoms with Gasteiger partial charge in [-0.1, -0.05) is 105 Å². The lowest BCUT2D eigenvalue weighted by Crippen LogP contribution is -2.71. The van der Waals surface area contributed by atoms with Gasteiger partial charge in [0.1, 0.15) is 41.9 Å². The number of fused-ring (bicyclic) bond motifs is 14. The molecule has 4 aromatic carbocycles. The summed E-state index contributed by atoms with van der Waals surface area (Å²) in [6.07, 6.45) is 2.31. The molecule has 18 nitrogen and oxygen atoms in total. The fourth-order valence-corrected chi connectivity index (χ4v) is 19.8. The zero-order valence-electron chi connectivity index (χ0n) is 63.8. The van der Waals surface area contributed by atoms with Crippen LogP contribution in [0, 0.1) is 45.3 Å². The Morgan fingerprint density at radius 1 is 0.602 bits per heavy atom. The normalized spacial score (nSPS) is 36.9. The van der Waals surface area contributed by atoms with E-state index in [-0.39, 0.29) is 67.1 Å². The zero-order chi connectivity index (χ0) is 78.7. The first-order valence-corrected chi connectivity index (χ1v) is 44.1. The number of aliphatic hydroxyl groups excluding tert-OH is 3. The molecule has 108 heavy (non-hydrogen) atoms.